The van der Waals surface area contributed by atoms with Crippen molar-refractivity contribution in [1.29, 1.82) is 0 Å². The average molecular weight is 494 g/mol. The molecule has 0 radical (unpaired) electrons. The Balaban J connectivity index is 1.35. The number of benzene rings is 8. The van der Waals surface area contributed by atoms with Crippen LogP contribution in [0.5, 0.6) is 0 Å². The Hall–Kier alpha value is -5.14. The topological polar surface area (TPSA) is 4.93 Å². The van der Waals surface area contributed by atoms with Gasteiger partial charge in [-0.2, -0.15) is 0 Å². The largest absolute Gasteiger partial charge is 0.309 e. The highest BCUT2D eigenvalue weighted by molar-refractivity contribution is 6.24. The lowest BCUT2D eigenvalue weighted by Gasteiger charge is -2.13. The lowest BCUT2D eigenvalue weighted by atomic mass is 9.91. The van der Waals surface area contributed by atoms with Crippen LogP contribution >= 0.6 is 0 Å². The lowest BCUT2D eigenvalue weighted by Crippen LogP contribution is -1.93. The van der Waals surface area contributed by atoms with Crippen LogP contribution in [-0.2, 0) is 0 Å². The van der Waals surface area contributed by atoms with Gasteiger partial charge in [-0.05, 0) is 96.7 Å². The van der Waals surface area contributed by atoms with Crippen molar-refractivity contribution < 1.29 is 0 Å². The van der Waals surface area contributed by atoms with Gasteiger partial charge in [-0.1, -0.05) is 97.1 Å². The summed E-state index contributed by atoms with van der Waals surface area (Å²) < 4.78 is 2.42. The zero-order chi connectivity index (χ0) is 25.5. The molecular weight excluding hydrogens is 470 g/mol. The predicted molar refractivity (Wildman–Crippen MR) is 167 cm³/mol. The monoisotopic (exact) mass is 493 g/mol. The van der Waals surface area contributed by atoms with Crippen LogP contribution in [0.1, 0.15) is 0 Å². The molecule has 0 atom stereocenters. The predicted octanol–water partition coefficient (Wildman–Crippen LogP) is 10.5. The van der Waals surface area contributed by atoms with Gasteiger partial charge in [0.15, 0.2) is 0 Å². The molecule has 1 heterocycles. The van der Waals surface area contributed by atoms with Crippen LogP contribution in [0.25, 0.3) is 81.7 Å². The molecule has 39 heavy (non-hydrogen) atoms. The number of hydrogen-bond acceptors (Lipinski definition) is 0. The Morgan fingerprint density at radius 3 is 1.67 bits per heavy atom. The minimum Gasteiger partial charge on any atom is -0.309 e. The fourth-order valence-electron chi connectivity index (χ4n) is 6.66. The van der Waals surface area contributed by atoms with Crippen molar-refractivity contribution in [3.8, 4) is 16.8 Å². The summed E-state index contributed by atoms with van der Waals surface area (Å²) in [6.45, 7) is 0. The summed E-state index contributed by atoms with van der Waals surface area (Å²) in [7, 11) is 0. The molecule has 0 aliphatic heterocycles. The van der Waals surface area contributed by atoms with E-state index in [2.05, 4.69) is 144 Å². The van der Waals surface area contributed by atoms with Gasteiger partial charge in [0.2, 0.25) is 0 Å². The van der Waals surface area contributed by atoms with Crippen LogP contribution in [0.2, 0.25) is 0 Å². The maximum absolute atomic E-state index is 2.42. The summed E-state index contributed by atoms with van der Waals surface area (Å²) in [5, 5.41) is 13.0. The van der Waals surface area contributed by atoms with Crippen molar-refractivity contribution in [2.24, 2.45) is 0 Å². The number of hydrogen-bond donors (Lipinski definition) is 0. The van der Waals surface area contributed by atoms with Gasteiger partial charge in [-0.3, -0.25) is 0 Å². The van der Waals surface area contributed by atoms with Gasteiger partial charge in [0.05, 0.1) is 11.0 Å². The molecular formula is C38H23N. The van der Waals surface area contributed by atoms with Crippen molar-refractivity contribution in [1.82, 2.24) is 4.57 Å². The maximum atomic E-state index is 2.42. The quantitative estimate of drug-likeness (QED) is 0.211. The second-order valence-corrected chi connectivity index (χ2v) is 10.6. The first-order valence-corrected chi connectivity index (χ1v) is 13.5. The molecule has 1 aromatic heterocycles. The minimum absolute atomic E-state index is 1.18. The molecule has 0 aliphatic carbocycles. The van der Waals surface area contributed by atoms with E-state index < -0.39 is 0 Å². The molecule has 1 nitrogen and oxygen atoms in total. The molecule has 0 aliphatic rings. The molecule has 0 bridgehead atoms. The van der Waals surface area contributed by atoms with Gasteiger partial charge in [-0.15, -0.1) is 0 Å². The molecule has 9 aromatic rings. The van der Waals surface area contributed by atoms with Gasteiger partial charge in [-0.25, -0.2) is 0 Å². The first-order chi connectivity index (χ1) is 19.3. The van der Waals surface area contributed by atoms with Crippen molar-refractivity contribution in [3.05, 3.63) is 140 Å². The van der Waals surface area contributed by atoms with Crippen LogP contribution in [0.15, 0.2) is 140 Å². The zero-order valence-corrected chi connectivity index (χ0v) is 21.2. The highest BCUT2D eigenvalue weighted by atomic mass is 15.0. The van der Waals surface area contributed by atoms with Crippen LogP contribution < -0.4 is 0 Å². The summed E-state index contributed by atoms with van der Waals surface area (Å²) in [5.74, 6) is 0. The fraction of sp³-hybridized carbons (Fsp3) is 0. The summed E-state index contributed by atoms with van der Waals surface area (Å²) in [6, 6.07) is 51.4. The van der Waals surface area contributed by atoms with Crippen LogP contribution in [0.3, 0.4) is 0 Å². The van der Waals surface area contributed by atoms with Crippen LogP contribution in [-0.4, -0.2) is 4.57 Å². The van der Waals surface area contributed by atoms with E-state index in [1.54, 1.807) is 0 Å². The SMILES string of the molecule is c1ccc(-n2c3cc(-c4cc5ccc6cccc7ccc(c4)c5c67)ccc3c3cc4ccccc4cc32)cc1. The Morgan fingerprint density at radius 1 is 0.333 bits per heavy atom. The highest BCUT2D eigenvalue weighted by Crippen LogP contribution is 2.40. The van der Waals surface area contributed by atoms with Gasteiger partial charge in [0.25, 0.3) is 0 Å². The van der Waals surface area contributed by atoms with Gasteiger partial charge < -0.3 is 4.57 Å². The van der Waals surface area contributed by atoms with E-state index in [4.69, 9.17) is 0 Å². The molecule has 8 aromatic carbocycles. The number of fused-ring (bicyclic) bond motifs is 4. The molecule has 0 N–H and O–H groups in total. The van der Waals surface area contributed by atoms with Crippen molar-refractivity contribution >= 4 is 64.9 Å². The number of para-hydroxylation sites is 1. The standard InChI is InChI=1S/C38H23N/c1-2-11-32(12-3-1)39-35-23-28(17-18-33(35)34-21-26-7-4-5-8-27(26)22-36(34)39)31-19-29-15-13-24-9-6-10-25-14-16-30(20-31)38(29)37(24)25/h1-23H. The Labute approximate surface area is 225 Å². The molecule has 0 amide bonds. The summed E-state index contributed by atoms with van der Waals surface area (Å²) in [5.41, 5.74) is 6.13. The molecule has 180 valence electrons. The summed E-state index contributed by atoms with van der Waals surface area (Å²) in [4.78, 5) is 0. The molecule has 1 heteroatoms. The van der Waals surface area contributed by atoms with E-state index in [0.29, 0.717) is 0 Å². The smallest absolute Gasteiger partial charge is 0.0547 e. The zero-order valence-electron chi connectivity index (χ0n) is 21.2. The van der Waals surface area contributed by atoms with E-state index in [1.165, 1.54) is 81.7 Å². The molecule has 0 fully saturated rings. The minimum atomic E-state index is 1.18. The molecule has 0 spiro atoms. The molecule has 0 unspecified atom stereocenters. The first kappa shape index (κ1) is 20.9. The van der Waals surface area contributed by atoms with Gasteiger partial charge >= 0.3 is 0 Å². The Bertz CT molecular complexity index is 2310. The van der Waals surface area contributed by atoms with Gasteiger partial charge in [0.1, 0.15) is 0 Å². The van der Waals surface area contributed by atoms with Crippen molar-refractivity contribution in [3.63, 3.8) is 0 Å². The fourth-order valence-corrected chi connectivity index (χ4v) is 6.66. The van der Waals surface area contributed by atoms with Crippen LogP contribution in [0.4, 0.5) is 0 Å². The average Bonchev–Trinajstić information content (AvgIpc) is 3.31. The van der Waals surface area contributed by atoms with Gasteiger partial charge in [0, 0.05) is 16.5 Å². The van der Waals surface area contributed by atoms with E-state index in [1.807, 2.05) is 0 Å². The maximum Gasteiger partial charge on any atom is 0.0547 e. The number of rotatable bonds is 2. The third-order valence-corrected chi connectivity index (χ3v) is 8.44. The van der Waals surface area contributed by atoms with Crippen molar-refractivity contribution in [2.45, 2.75) is 0 Å². The van der Waals surface area contributed by atoms with E-state index >= 15 is 0 Å². The second kappa shape index (κ2) is 7.69. The normalized spacial score (nSPS) is 12.1. The van der Waals surface area contributed by atoms with E-state index in [0.717, 1.165) is 0 Å². The highest BCUT2D eigenvalue weighted by Gasteiger charge is 2.15. The lowest BCUT2D eigenvalue weighted by molar-refractivity contribution is 1.18. The van der Waals surface area contributed by atoms with Crippen molar-refractivity contribution in [2.75, 3.05) is 0 Å². The summed E-state index contributed by atoms with van der Waals surface area (Å²) >= 11 is 0. The summed E-state index contributed by atoms with van der Waals surface area (Å²) in [6.07, 6.45) is 0. The number of nitrogens with zero attached hydrogens (tertiary/aromatic N) is 1. The number of aromatic nitrogens is 1. The Morgan fingerprint density at radius 2 is 0.923 bits per heavy atom. The Kier molecular flexibility index (Phi) is 4.11. The van der Waals surface area contributed by atoms with Crippen LogP contribution in [0, 0.1) is 0 Å². The first-order valence-electron chi connectivity index (χ1n) is 13.5. The van der Waals surface area contributed by atoms with E-state index in [-0.39, 0.29) is 0 Å². The molecule has 0 saturated heterocycles. The third kappa shape index (κ3) is 2.96. The molecule has 9 rings (SSSR count). The molecule has 0 saturated carbocycles. The second-order valence-electron chi connectivity index (χ2n) is 10.6. The van der Waals surface area contributed by atoms with E-state index in [9.17, 15) is 0 Å². The third-order valence-electron chi connectivity index (χ3n) is 8.44.